The Hall–Kier alpha value is -0.650. The van der Waals surface area contributed by atoms with E-state index in [9.17, 15) is 10.2 Å². The van der Waals surface area contributed by atoms with Gasteiger partial charge in [0, 0.05) is 12.8 Å². The average molecular weight is 435 g/mol. The zero-order valence-corrected chi connectivity index (χ0v) is 20.4. The van der Waals surface area contributed by atoms with Gasteiger partial charge < -0.3 is 20.0 Å². The first-order chi connectivity index (χ1) is 14.7. The molecule has 0 amide bonds. The van der Waals surface area contributed by atoms with Crippen molar-refractivity contribution in [1.29, 1.82) is 0 Å². The minimum atomic E-state index is -0.510. The van der Waals surface area contributed by atoms with Crippen molar-refractivity contribution in [2.24, 2.45) is 39.7 Å². The second kappa shape index (κ2) is 8.95. The van der Waals surface area contributed by atoms with E-state index in [1.165, 1.54) is 12.8 Å². The van der Waals surface area contributed by atoms with Gasteiger partial charge in [-0.15, -0.1) is 0 Å². The van der Waals surface area contributed by atoms with Gasteiger partial charge in [-0.3, -0.25) is 0 Å². The third-order valence-electron chi connectivity index (χ3n) is 10.4. The zero-order chi connectivity index (χ0) is 22.3. The van der Waals surface area contributed by atoms with Gasteiger partial charge >= 0.3 is 0 Å². The molecule has 5 nitrogen and oxygen atoms in total. The molecule has 4 saturated carbocycles. The molecule has 4 aliphatic rings. The molecule has 0 saturated heterocycles. The average Bonchev–Trinajstić information content (AvgIpc) is 2.99. The van der Waals surface area contributed by atoms with Gasteiger partial charge in [-0.05, 0) is 119 Å². The maximum Gasteiger partial charge on any atom is 0.129 e. The smallest absolute Gasteiger partial charge is 0.129 e. The standard InChI is InChI=1S/C26H46N2O3/c1-24-12-10-21(29)18-20(24)7-8-23-22(24)11-13-25(2)19(9-14-26(23,25)30)6-5-15-27-31-17-16-28(3)4/h15,19-23,29-30H,5-14,16-18H2,1-4H3/b27-15+/t19-,20+,21-,22-,23+,24-,25+,26-/m0/s1. The van der Waals surface area contributed by atoms with Gasteiger partial charge in [0.25, 0.3) is 0 Å². The lowest BCUT2D eigenvalue weighted by Crippen LogP contribution is -2.62. The van der Waals surface area contributed by atoms with Crippen LogP contribution in [0, 0.1) is 34.5 Å². The number of oxime groups is 1. The van der Waals surface area contributed by atoms with Gasteiger partial charge in [-0.25, -0.2) is 0 Å². The van der Waals surface area contributed by atoms with Crippen LogP contribution in [-0.4, -0.2) is 60.3 Å². The summed E-state index contributed by atoms with van der Waals surface area (Å²) >= 11 is 0. The Balaban J connectivity index is 1.38. The molecular formula is C26H46N2O3. The van der Waals surface area contributed by atoms with Gasteiger partial charge in [0.15, 0.2) is 0 Å². The fourth-order valence-electron chi connectivity index (χ4n) is 8.43. The largest absolute Gasteiger partial charge is 0.395 e. The Morgan fingerprint density at radius 2 is 1.84 bits per heavy atom. The number of fused-ring (bicyclic) bond motifs is 5. The first-order valence-electron chi connectivity index (χ1n) is 12.9. The molecule has 8 atom stereocenters. The Labute approximate surface area is 189 Å². The minimum absolute atomic E-state index is 0.0329. The lowest BCUT2D eigenvalue weighted by atomic mass is 9.43. The summed E-state index contributed by atoms with van der Waals surface area (Å²) in [5, 5.41) is 26.6. The number of hydrogen-bond acceptors (Lipinski definition) is 5. The molecular weight excluding hydrogens is 388 g/mol. The van der Waals surface area contributed by atoms with Crippen LogP contribution in [0.25, 0.3) is 0 Å². The van der Waals surface area contributed by atoms with E-state index in [0.717, 1.165) is 64.3 Å². The van der Waals surface area contributed by atoms with E-state index in [4.69, 9.17) is 4.84 Å². The van der Waals surface area contributed by atoms with Crippen LogP contribution in [0.4, 0.5) is 0 Å². The molecule has 4 rings (SSSR count). The Bertz CT molecular complexity index is 655. The molecule has 0 aromatic rings. The van der Waals surface area contributed by atoms with Crippen LogP contribution >= 0.6 is 0 Å². The summed E-state index contributed by atoms with van der Waals surface area (Å²) in [7, 11) is 4.07. The molecule has 5 heteroatoms. The topological polar surface area (TPSA) is 65.3 Å². The SMILES string of the molecule is CN(C)CCO/N=C/CC[C@H]1CC[C@]2(O)[C@@H]3CC[C@@H]4C[C@@H](O)CC[C@]4(C)[C@H]3CC[C@]12C. The van der Waals surface area contributed by atoms with Crippen molar-refractivity contribution >= 4 is 6.21 Å². The van der Waals surface area contributed by atoms with Gasteiger partial charge in [-0.1, -0.05) is 19.0 Å². The number of nitrogens with zero attached hydrogens (tertiary/aromatic N) is 2. The molecule has 31 heavy (non-hydrogen) atoms. The van der Waals surface area contributed by atoms with E-state index in [1.54, 1.807) is 0 Å². The van der Waals surface area contributed by atoms with Gasteiger partial charge in [0.2, 0.25) is 0 Å². The van der Waals surface area contributed by atoms with E-state index in [1.807, 2.05) is 20.3 Å². The first kappa shape index (κ1) is 23.5. The highest BCUT2D eigenvalue weighted by molar-refractivity contribution is 5.56. The minimum Gasteiger partial charge on any atom is -0.395 e. The highest BCUT2D eigenvalue weighted by atomic mass is 16.6. The highest BCUT2D eigenvalue weighted by Crippen LogP contribution is 2.69. The number of hydrogen-bond donors (Lipinski definition) is 2. The molecule has 0 spiro atoms. The van der Waals surface area contributed by atoms with E-state index in [-0.39, 0.29) is 11.5 Å². The van der Waals surface area contributed by atoms with Crippen molar-refractivity contribution in [3.8, 4) is 0 Å². The third-order valence-corrected chi connectivity index (χ3v) is 10.4. The monoisotopic (exact) mass is 434 g/mol. The summed E-state index contributed by atoms with van der Waals surface area (Å²) in [6.45, 7) is 6.40. The van der Waals surface area contributed by atoms with Gasteiger partial charge in [0.1, 0.15) is 6.61 Å². The van der Waals surface area contributed by atoms with Crippen molar-refractivity contribution in [2.45, 2.75) is 96.2 Å². The second-order valence-electron chi connectivity index (χ2n) is 12.0. The summed E-state index contributed by atoms with van der Waals surface area (Å²) in [6.07, 6.45) is 13.8. The fourth-order valence-corrected chi connectivity index (χ4v) is 8.43. The van der Waals surface area contributed by atoms with Crippen molar-refractivity contribution in [2.75, 3.05) is 27.2 Å². The molecule has 178 valence electrons. The van der Waals surface area contributed by atoms with Crippen LogP contribution in [0.5, 0.6) is 0 Å². The van der Waals surface area contributed by atoms with E-state index in [2.05, 4.69) is 23.9 Å². The summed E-state index contributed by atoms with van der Waals surface area (Å²) in [5.74, 6) is 2.29. The van der Waals surface area contributed by atoms with Gasteiger partial charge in [-0.2, -0.15) is 0 Å². The summed E-state index contributed by atoms with van der Waals surface area (Å²) in [4.78, 5) is 7.45. The first-order valence-corrected chi connectivity index (χ1v) is 12.9. The molecule has 0 aromatic heterocycles. The van der Waals surface area contributed by atoms with Crippen LogP contribution in [0.1, 0.15) is 84.5 Å². The van der Waals surface area contributed by atoms with Crippen molar-refractivity contribution in [1.82, 2.24) is 4.90 Å². The molecule has 0 bridgehead atoms. The number of aliphatic hydroxyl groups excluding tert-OH is 1. The Kier molecular flexibility index (Phi) is 6.78. The Morgan fingerprint density at radius 3 is 2.61 bits per heavy atom. The summed E-state index contributed by atoms with van der Waals surface area (Å²) in [6, 6.07) is 0. The predicted octanol–water partition coefficient (Wildman–Crippen LogP) is 4.47. The molecule has 0 aliphatic heterocycles. The highest BCUT2D eigenvalue weighted by Gasteiger charge is 2.66. The lowest BCUT2D eigenvalue weighted by Gasteiger charge is -2.63. The van der Waals surface area contributed by atoms with Crippen LogP contribution in [0.2, 0.25) is 0 Å². The molecule has 0 radical (unpaired) electrons. The molecule has 4 fully saturated rings. The molecule has 0 aromatic carbocycles. The van der Waals surface area contributed by atoms with Gasteiger partial charge in [0.05, 0.1) is 11.7 Å². The van der Waals surface area contributed by atoms with Crippen molar-refractivity contribution in [3.05, 3.63) is 0 Å². The van der Waals surface area contributed by atoms with Crippen LogP contribution in [0.3, 0.4) is 0 Å². The molecule has 2 N–H and O–H groups in total. The maximum absolute atomic E-state index is 12.2. The Morgan fingerprint density at radius 1 is 1.03 bits per heavy atom. The zero-order valence-electron chi connectivity index (χ0n) is 20.4. The normalized spacial score (nSPS) is 47.3. The van der Waals surface area contributed by atoms with Crippen LogP contribution < -0.4 is 0 Å². The van der Waals surface area contributed by atoms with Crippen LogP contribution in [-0.2, 0) is 4.84 Å². The molecule has 0 unspecified atom stereocenters. The number of likely N-dealkylation sites (N-methyl/N-ethyl adjacent to an activating group) is 1. The third kappa shape index (κ3) is 4.08. The maximum atomic E-state index is 12.2. The van der Waals surface area contributed by atoms with E-state index >= 15 is 0 Å². The quantitative estimate of drug-likeness (QED) is 0.353. The van der Waals surface area contributed by atoms with E-state index in [0.29, 0.717) is 35.7 Å². The number of aliphatic hydroxyl groups is 2. The van der Waals surface area contributed by atoms with E-state index < -0.39 is 5.60 Å². The van der Waals surface area contributed by atoms with Crippen molar-refractivity contribution in [3.63, 3.8) is 0 Å². The van der Waals surface area contributed by atoms with Crippen molar-refractivity contribution < 1.29 is 15.1 Å². The summed E-state index contributed by atoms with van der Waals surface area (Å²) in [5.41, 5.74) is -0.164. The molecule has 0 heterocycles. The predicted molar refractivity (Wildman–Crippen MR) is 125 cm³/mol. The molecule has 4 aliphatic carbocycles. The van der Waals surface area contributed by atoms with Crippen LogP contribution in [0.15, 0.2) is 5.16 Å². The number of rotatable bonds is 7. The second-order valence-corrected chi connectivity index (χ2v) is 12.0. The summed E-state index contributed by atoms with van der Waals surface area (Å²) < 4.78 is 0. The lowest BCUT2D eigenvalue weighted by molar-refractivity contribution is -0.210. The fraction of sp³-hybridized carbons (Fsp3) is 0.962.